The smallest absolute Gasteiger partial charge is 0.227 e. The number of hydrogen-bond acceptors (Lipinski definition) is 6. The summed E-state index contributed by atoms with van der Waals surface area (Å²) >= 11 is 0. The van der Waals surface area contributed by atoms with Crippen molar-refractivity contribution in [1.82, 2.24) is 4.98 Å². The number of nitrogens with two attached hydrogens (primary N) is 1. The molecule has 0 radical (unpaired) electrons. The monoisotopic (exact) mass is 405 g/mol. The van der Waals surface area contributed by atoms with Gasteiger partial charge >= 0.3 is 0 Å². The summed E-state index contributed by atoms with van der Waals surface area (Å²) in [6.07, 6.45) is 1.70. The quantitative estimate of drug-likeness (QED) is 0.714. The average molecular weight is 405 g/mol. The lowest BCUT2D eigenvalue weighted by atomic mass is 9.75. The average Bonchev–Trinajstić information content (AvgIpc) is 2.69. The van der Waals surface area contributed by atoms with Crippen molar-refractivity contribution >= 4 is 28.3 Å². The Kier molecular flexibility index (Phi) is 4.89. The number of aromatic nitrogens is 1. The fraction of sp³-hybridized carbons (Fsp3) is 0.304. The molecule has 0 saturated heterocycles. The zero-order chi connectivity index (χ0) is 21.6. The summed E-state index contributed by atoms with van der Waals surface area (Å²) in [5, 5.41) is 0.446. The van der Waals surface area contributed by atoms with Gasteiger partial charge < -0.3 is 14.9 Å². The van der Waals surface area contributed by atoms with Crippen molar-refractivity contribution in [2.24, 2.45) is 16.6 Å². The maximum atomic E-state index is 12.6. The van der Waals surface area contributed by atoms with E-state index >= 15 is 0 Å². The van der Waals surface area contributed by atoms with Gasteiger partial charge in [0.15, 0.2) is 5.43 Å². The lowest BCUT2D eigenvalue weighted by Gasteiger charge is -2.32. The summed E-state index contributed by atoms with van der Waals surface area (Å²) in [6, 6.07) is 6.81. The molecule has 30 heavy (non-hydrogen) atoms. The van der Waals surface area contributed by atoms with E-state index in [9.17, 15) is 9.59 Å². The van der Waals surface area contributed by atoms with Crippen LogP contribution >= 0.6 is 0 Å². The number of hydrogen-bond donors (Lipinski definition) is 1. The van der Waals surface area contributed by atoms with E-state index in [4.69, 9.17) is 14.9 Å². The first-order valence-corrected chi connectivity index (χ1v) is 9.83. The second-order valence-electron chi connectivity index (χ2n) is 7.50. The zero-order valence-corrected chi connectivity index (χ0v) is 17.4. The Morgan fingerprint density at radius 1 is 1.27 bits per heavy atom. The molecule has 1 aliphatic heterocycles. The van der Waals surface area contributed by atoms with Crippen LogP contribution in [0.5, 0.6) is 5.88 Å². The number of carbonyl (C=O) groups is 1. The van der Waals surface area contributed by atoms with Crippen LogP contribution in [0.3, 0.4) is 0 Å². The van der Waals surface area contributed by atoms with E-state index in [-0.39, 0.29) is 5.43 Å². The molecule has 2 atom stereocenters. The van der Waals surface area contributed by atoms with Gasteiger partial charge in [-0.2, -0.15) is 0 Å². The highest BCUT2D eigenvalue weighted by molar-refractivity contribution is 6.07. The predicted molar refractivity (Wildman–Crippen MR) is 115 cm³/mol. The minimum atomic E-state index is -0.725. The van der Waals surface area contributed by atoms with Crippen molar-refractivity contribution in [3.05, 3.63) is 63.1 Å². The van der Waals surface area contributed by atoms with Crippen LogP contribution in [-0.4, -0.2) is 23.2 Å². The van der Waals surface area contributed by atoms with E-state index in [0.29, 0.717) is 51.7 Å². The number of aliphatic imine (C=N–C) groups is 1. The summed E-state index contributed by atoms with van der Waals surface area (Å²) in [6.45, 7) is 7.70. The summed E-state index contributed by atoms with van der Waals surface area (Å²) < 4.78 is 11.8. The van der Waals surface area contributed by atoms with E-state index in [1.54, 1.807) is 32.2 Å². The van der Waals surface area contributed by atoms with Crippen molar-refractivity contribution in [3.63, 3.8) is 0 Å². The molecule has 2 aromatic heterocycles. The van der Waals surface area contributed by atoms with Crippen LogP contribution in [0.1, 0.15) is 42.2 Å². The van der Waals surface area contributed by atoms with Crippen molar-refractivity contribution in [2.45, 2.75) is 33.6 Å². The van der Waals surface area contributed by atoms with E-state index < -0.39 is 17.7 Å². The summed E-state index contributed by atoms with van der Waals surface area (Å²) in [5.41, 5.74) is 9.66. The second-order valence-corrected chi connectivity index (χ2v) is 7.50. The molecule has 0 aliphatic carbocycles. The molecule has 2 N–H and O–H groups in total. The standard InChI is InChI=1S/C23H23N3O4/c1-5-29-23-19-18(15-8-6-7-14-16(27)9-12(3)30-21(14)15)17(22(24)28)13(4)26-20(19)11(2)10-25-23/h6-10,17-18H,5H2,1-4H3,(H2,24,28). The molecule has 0 spiro atoms. The first-order valence-electron chi connectivity index (χ1n) is 9.83. The summed E-state index contributed by atoms with van der Waals surface area (Å²) in [7, 11) is 0. The Morgan fingerprint density at radius 3 is 2.73 bits per heavy atom. The Hall–Kier alpha value is -3.48. The van der Waals surface area contributed by atoms with E-state index in [1.165, 1.54) is 6.07 Å². The highest BCUT2D eigenvalue weighted by Gasteiger charge is 2.41. The van der Waals surface area contributed by atoms with Crippen LogP contribution in [0, 0.1) is 19.8 Å². The minimum absolute atomic E-state index is 0.139. The minimum Gasteiger partial charge on any atom is -0.478 e. The van der Waals surface area contributed by atoms with Crippen LogP contribution in [0.15, 0.2) is 44.7 Å². The van der Waals surface area contributed by atoms with Gasteiger partial charge in [-0.1, -0.05) is 12.1 Å². The topological polar surface area (TPSA) is 108 Å². The molecule has 1 aromatic carbocycles. The lowest BCUT2D eigenvalue weighted by Crippen LogP contribution is -2.37. The SMILES string of the molecule is CCOc1ncc(C)c2c1C(c1cccc3c(=O)cc(C)oc13)C(C(N)=O)C(C)=N2. The molecule has 7 nitrogen and oxygen atoms in total. The zero-order valence-electron chi connectivity index (χ0n) is 17.4. The van der Waals surface area contributed by atoms with Crippen molar-refractivity contribution < 1.29 is 13.9 Å². The molecule has 1 amide bonds. The number of rotatable bonds is 4. The van der Waals surface area contributed by atoms with E-state index in [2.05, 4.69) is 9.98 Å². The Morgan fingerprint density at radius 2 is 2.03 bits per heavy atom. The third-order valence-corrected chi connectivity index (χ3v) is 5.45. The van der Waals surface area contributed by atoms with Crippen LogP contribution in [0.4, 0.5) is 5.69 Å². The van der Waals surface area contributed by atoms with Gasteiger partial charge in [0, 0.05) is 35.0 Å². The van der Waals surface area contributed by atoms with Gasteiger partial charge in [0.2, 0.25) is 11.8 Å². The first kappa shape index (κ1) is 19.8. The highest BCUT2D eigenvalue weighted by Crippen LogP contribution is 2.48. The normalized spacial score (nSPS) is 18.1. The van der Waals surface area contributed by atoms with Gasteiger partial charge in [-0.25, -0.2) is 4.98 Å². The molecule has 0 fully saturated rings. The van der Waals surface area contributed by atoms with Crippen LogP contribution < -0.4 is 15.9 Å². The molecule has 3 aromatic rings. The molecule has 1 aliphatic rings. The van der Waals surface area contributed by atoms with Gasteiger partial charge in [0.05, 0.1) is 23.6 Å². The van der Waals surface area contributed by atoms with Crippen LogP contribution in [-0.2, 0) is 4.79 Å². The van der Waals surface area contributed by atoms with E-state index in [1.807, 2.05) is 19.9 Å². The number of nitrogens with zero attached hydrogens (tertiary/aromatic N) is 2. The molecule has 0 saturated carbocycles. The molecular formula is C23H23N3O4. The first-order chi connectivity index (χ1) is 14.3. The molecule has 154 valence electrons. The number of para-hydroxylation sites is 1. The number of carbonyl (C=O) groups excluding carboxylic acids is 1. The van der Waals surface area contributed by atoms with Crippen LogP contribution in [0.25, 0.3) is 11.0 Å². The molecule has 7 heteroatoms. The van der Waals surface area contributed by atoms with Gasteiger partial charge in [0.25, 0.3) is 0 Å². The molecular weight excluding hydrogens is 382 g/mol. The largest absolute Gasteiger partial charge is 0.478 e. The Balaban J connectivity index is 2.12. The van der Waals surface area contributed by atoms with Crippen molar-refractivity contribution in [2.75, 3.05) is 6.61 Å². The van der Waals surface area contributed by atoms with Gasteiger partial charge in [-0.3, -0.25) is 14.6 Å². The number of ether oxygens (including phenoxy) is 1. The number of aryl methyl sites for hydroxylation is 2. The van der Waals surface area contributed by atoms with Gasteiger partial charge in [-0.05, 0) is 39.3 Å². The summed E-state index contributed by atoms with van der Waals surface area (Å²) in [5.74, 6) is -0.890. The Bertz CT molecular complexity index is 1260. The third kappa shape index (κ3) is 3.07. The third-order valence-electron chi connectivity index (χ3n) is 5.45. The predicted octanol–water partition coefficient (Wildman–Crippen LogP) is 3.54. The number of primary amides is 1. The van der Waals surface area contributed by atoms with Gasteiger partial charge in [0.1, 0.15) is 11.3 Å². The number of benzene rings is 1. The maximum absolute atomic E-state index is 12.6. The molecule has 4 rings (SSSR count). The van der Waals surface area contributed by atoms with Crippen molar-refractivity contribution in [3.8, 4) is 5.88 Å². The number of pyridine rings is 1. The molecule has 3 heterocycles. The lowest BCUT2D eigenvalue weighted by molar-refractivity contribution is -0.120. The molecule has 2 unspecified atom stereocenters. The van der Waals surface area contributed by atoms with Crippen molar-refractivity contribution in [1.29, 1.82) is 0 Å². The number of fused-ring (bicyclic) bond motifs is 2. The highest BCUT2D eigenvalue weighted by atomic mass is 16.5. The van der Waals surface area contributed by atoms with Gasteiger partial charge in [-0.15, -0.1) is 0 Å². The Labute approximate surface area is 173 Å². The number of amides is 1. The molecule has 0 bridgehead atoms. The second kappa shape index (κ2) is 7.40. The summed E-state index contributed by atoms with van der Waals surface area (Å²) in [4.78, 5) is 34.3. The maximum Gasteiger partial charge on any atom is 0.227 e. The fourth-order valence-corrected chi connectivity index (χ4v) is 4.20. The van der Waals surface area contributed by atoms with Crippen LogP contribution in [0.2, 0.25) is 0 Å². The fourth-order valence-electron chi connectivity index (χ4n) is 4.20. The van der Waals surface area contributed by atoms with E-state index in [0.717, 1.165) is 5.56 Å².